The van der Waals surface area contributed by atoms with Crippen LogP contribution in [0, 0.1) is 5.82 Å². The van der Waals surface area contributed by atoms with Gasteiger partial charge >= 0.3 is 5.97 Å². The van der Waals surface area contributed by atoms with Crippen molar-refractivity contribution in [2.45, 2.75) is 25.0 Å². The normalized spacial score (nSPS) is 17.4. The average Bonchev–Trinajstić information content (AvgIpc) is 3.52. The van der Waals surface area contributed by atoms with Gasteiger partial charge in [0.2, 0.25) is 6.10 Å². The molecule has 6 rings (SSSR count). The number of carboxylic acid groups (broad SMARTS) is 1. The van der Waals surface area contributed by atoms with E-state index >= 15 is 0 Å². The molecule has 0 bridgehead atoms. The van der Waals surface area contributed by atoms with Crippen LogP contribution in [0.5, 0.6) is 0 Å². The van der Waals surface area contributed by atoms with Gasteiger partial charge in [-0.1, -0.05) is 41.0 Å². The topological polar surface area (TPSA) is 134 Å². The number of oxime groups is 1. The number of fused-ring (bicyclic) bond motifs is 1. The predicted molar refractivity (Wildman–Crippen MR) is 155 cm³/mol. The summed E-state index contributed by atoms with van der Waals surface area (Å²) in [4.78, 5) is 54.3. The van der Waals surface area contributed by atoms with Crippen LogP contribution in [0.15, 0.2) is 84.5 Å². The number of carboxylic acids is 1. The Balaban J connectivity index is 1.32. The van der Waals surface area contributed by atoms with Crippen molar-refractivity contribution in [1.82, 2.24) is 14.9 Å². The van der Waals surface area contributed by atoms with E-state index in [9.17, 15) is 23.9 Å². The highest BCUT2D eigenvalue weighted by atomic mass is 35.5. The van der Waals surface area contributed by atoms with Gasteiger partial charge in [-0.05, 0) is 59.5 Å². The lowest BCUT2D eigenvalue weighted by molar-refractivity contribution is -0.148. The molecule has 3 aromatic carbocycles. The summed E-state index contributed by atoms with van der Waals surface area (Å²) >= 11 is 5.94. The molecule has 43 heavy (non-hydrogen) atoms. The van der Waals surface area contributed by atoms with Crippen LogP contribution in [-0.4, -0.2) is 56.1 Å². The molecule has 1 aromatic heterocycles. The van der Waals surface area contributed by atoms with Crippen molar-refractivity contribution in [3.05, 3.63) is 112 Å². The molecule has 216 valence electrons. The molecule has 12 heteroatoms. The van der Waals surface area contributed by atoms with Crippen molar-refractivity contribution in [3.8, 4) is 11.1 Å². The Morgan fingerprint density at radius 1 is 1.00 bits per heavy atom. The second kappa shape index (κ2) is 11.6. The predicted octanol–water partition coefficient (Wildman–Crippen LogP) is 4.89. The number of aromatic carboxylic acids is 1. The van der Waals surface area contributed by atoms with Crippen LogP contribution in [0.2, 0.25) is 5.02 Å². The largest absolute Gasteiger partial charge is 0.478 e. The maximum atomic E-state index is 14.7. The number of benzene rings is 3. The van der Waals surface area contributed by atoms with Crippen molar-refractivity contribution in [2.24, 2.45) is 5.16 Å². The number of carbonyl (C=O) groups is 3. The van der Waals surface area contributed by atoms with E-state index in [-0.39, 0.29) is 34.8 Å². The van der Waals surface area contributed by atoms with Gasteiger partial charge in [-0.3, -0.25) is 9.59 Å². The monoisotopic (exact) mass is 599 g/mol. The second-order valence-electron chi connectivity index (χ2n) is 9.99. The van der Waals surface area contributed by atoms with E-state index in [1.54, 1.807) is 30.6 Å². The van der Waals surface area contributed by atoms with Gasteiger partial charge in [0.1, 0.15) is 12.4 Å². The van der Waals surface area contributed by atoms with Crippen LogP contribution < -0.4 is 5.32 Å². The molecule has 2 amide bonds. The molecule has 10 nitrogen and oxygen atoms in total. The van der Waals surface area contributed by atoms with Gasteiger partial charge < -0.3 is 20.2 Å². The summed E-state index contributed by atoms with van der Waals surface area (Å²) in [5.41, 5.74) is 3.89. The summed E-state index contributed by atoms with van der Waals surface area (Å²) in [5, 5.41) is 15.9. The minimum absolute atomic E-state index is 0.00810. The minimum atomic E-state index is -1.09. The molecular formula is C31H23ClFN5O5. The number of aromatic nitrogens is 2. The number of hydrogen-bond acceptors (Lipinski definition) is 7. The Morgan fingerprint density at radius 3 is 2.47 bits per heavy atom. The van der Waals surface area contributed by atoms with Crippen molar-refractivity contribution < 1.29 is 28.7 Å². The molecule has 0 fully saturated rings. The standard InChI is InChI=1S/C31H23ClFN5O5/c32-24-6-2-5-23(27(24)33)25-13-26(43-37-25)30(40)38-12-11-21-20(18-14-34-16-35-15-18)3-1-4-22(21)28(38)29(39)36-19-9-7-17(8-10-19)31(41)42/h1-10,14-16,26,28H,11-13H2,(H,36,39)(H,41,42)/t26-,28?/m0/s1. The van der Waals surface area contributed by atoms with E-state index in [4.69, 9.17) is 16.4 Å². The molecular weight excluding hydrogens is 577 g/mol. The first kappa shape index (κ1) is 28.0. The molecule has 1 unspecified atom stereocenters. The number of anilines is 1. The van der Waals surface area contributed by atoms with Gasteiger partial charge in [0.15, 0.2) is 5.82 Å². The van der Waals surface area contributed by atoms with Crippen LogP contribution in [0.3, 0.4) is 0 Å². The number of nitrogens with zero attached hydrogens (tertiary/aromatic N) is 4. The van der Waals surface area contributed by atoms with Crippen LogP contribution in [0.1, 0.15) is 39.5 Å². The molecule has 0 radical (unpaired) electrons. The van der Waals surface area contributed by atoms with Gasteiger partial charge in [-0.25, -0.2) is 19.2 Å². The minimum Gasteiger partial charge on any atom is -0.478 e. The lowest BCUT2D eigenvalue weighted by Gasteiger charge is -2.38. The van der Waals surface area contributed by atoms with E-state index in [0.29, 0.717) is 17.7 Å². The number of halogens is 2. The van der Waals surface area contributed by atoms with Gasteiger partial charge in [0.25, 0.3) is 11.8 Å². The molecule has 0 saturated carbocycles. The zero-order valence-electron chi connectivity index (χ0n) is 22.4. The van der Waals surface area contributed by atoms with Gasteiger partial charge in [0.05, 0.1) is 16.3 Å². The Kier molecular flexibility index (Phi) is 7.56. The Labute approximate surface area is 249 Å². The molecule has 0 aliphatic carbocycles. The van der Waals surface area contributed by atoms with Crippen LogP contribution in [0.4, 0.5) is 10.1 Å². The van der Waals surface area contributed by atoms with Crippen LogP contribution >= 0.6 is 11.6 Å². The van der Waals surface area contributed by atoms with Gasteiger partial charge in [0, 0.05) is 42.2 Å². The molecule has 0 saturated heterocycles. The third-order valence-corrected chi connectivity index (χ3v) is 7.72. The van der Waals surface area contributed by atoms with Gasteiger partial charge in [-0.2, -0.15) is 0 Å². The fraction of sp³-hybridized carbons (Fsp3) is 0.161. The van der Waals surface area contributed by atoms with E-state index in [1.165, 1.54) is 47.6 Å². The first-order valence-corrected chi connectivity index (χ1v) is 13.7. The summed E-state index contributed by atoms with van der Waals surface area (Å²) in [6.45, 7) is 0.188. The fourth-order valence-corrected chi connectivity index (χ4v) is 5.56. The molecule has 2 aliphatic rings. The number of hydrogen-bond donors (Lipinski definition) is 2. The highest BCUT2D eigenvalue weighted by molar-refractivity contribution is 6.31. The summed E-state index contributed by atoms with van der Waals surface area (Å²) in [6.07, 6.45) is 4.14. The van der Waals surface area contributed by atoms with E-state index in [1.807, 2.05) is 6.07 Å². The Bertz CT molecular complexity index is 1770. The Morgan fingerprint density at radius 2 is 1.72 bits per heavy atom. The zero-order chi connectivity index (χ0) is 30.1. The molecule has 3 heterocycles. The van der Waals surface area contributed by atoms with Crippen molar-refractivity contribution in [1.29, 1.82) is 0 Å². The summed E-state index contributed by atoms with van der Waals surface area (Å²) < 4.78 is 14.7. The third-order valence-electron chi connectivity index (χ3n) is 7.43. The first-order chi connectivity index (χ1) is 20.8. The lowest BCUT2D eigenvalue weighted by atomic mass is 9.86. The molecule has 0 spiro atoms. The summed E-state index contributed by atoms with van der Waals surface area (Å²) in [5.74, 6) is -2.74. The van der Waals surface area contributed by atoms with Crippen molar-refractivity contribution >= 4 is 40.8 Å². The first-order valence-electron chi connectivity index (χ1n) is 13.3. The number of amides is 2. The lowest BCUT2D eigenvalue weighted by Crippen LogP contribution is -2.49. The average molecular weight is 600 g/mol. The molecule has 4 aromatic rings. The maximum absolute atomic E-state index is 14.7. The molecule has 2 N–H and O–H groups in total. The van der Waals surface area contributed by atoms with Crippen LogP contribution in [-0.2, 0) is 20.8 Å². The zero-order valence-corrected chi connectivity index (χ0v) is 23.2. The smallest absolute Gasteiger partial charge is 0.335 e. The van der Waals surface area contributed by atoms with Gasteiger partial charge in [-0.15, -0.1) is 0 Å². The third kappa shape index (κ3) is 5.42. The van der Waals surface area contributed by atoms with E-state index in [0.717, 1.165) is 16.7 Å². The van der Waals surface area contributed by atoms with Crippen molar-refractivity contribution in [2.75, 3.05) is 11.9 Å². The molecule has 2 aliphatic heterocycles. The van der Waals surface area contributed by atoms with E-state index in [2.05, 4.69) is 20.4 Å². The highest BCUT2D eigenvalue weighted by Gasteiger charge is 2.42. The second-order valence-corrected chi connectivity index (χ2v) is 10.4. The molecule has 2 atom stereocenters. The number of carbonyl (C=O) groups excluding carboxylic acids is 2. The highest BCUT2D eigenvalue weighted by Crippen LogP contribution is 2.38. The summed E-state index contributed by atoms with van der Waals surface area (Å²) in [6, 6.07) is 14.7. The Hall–Kier alpha value is -5.16. The van der Waals surface area contributed by atoms with E-state index < -0.39 is 35.7 Å². The fourth-order valence-electron chi connectivity index (χ4n) is 5.39. The van der Waals surface area contributed by atoms with Crippen LogP contribution in [0.25, 0.3) is 11.1 Å². The quantitative estimate of drug-likeness (QED) is 0.322. The SMILES string of the molecule is O=C(O)c1ccc(NC(=O)C2c3cccc(-c4cncnc4)c3CCN2C(=O)[C@@H]2CC(c3cccc(Cl)c3F)=NO2)cc1. The van der Waals surface area contributed by atoms with Crippen molar-refractivity contribution in [3.63, 3.8) is 0 Å². The number of rotatable bonds is 6. The number of nitrogens with one attached hydrogen (secondary N) is 1. The maximum Gasteiger partial charge on any atom is 0.335 e. The summed E-state index contributed by atoms with van der Waals surface area (Å²) in [7, 11) is 0.